The zero-order valence-corrected chi connectivity index (χ0v) is 21.8. The lowest BCUT2D eigenvalue weighted by atomic mass is 9.90. The van der Waals surface area contributed by atoms with E-state index >= 15 is 0 Å². The van der Waals surface area contributed by atoms with Gasteiger partial charge in [0, 0.05) is 56.4 Å². The Bertz CT molecular complexity index is 1110. The molecule has 2 saturated heterocycles. The Hall–Kier alpha value is -2.51. The number of piperazine rings is 1. The van der Waals surface area contributed by atoms with E-state index < -0.39 is 5.60 Å². The van der Waals surface area contributed by atoms with Crippen LogP contribution in [-0.2, 0) is 11.3 Å². The van der Waals surface area contributed by atoms with E-state index in [9.17, 15) is 14.3 Å². The number of carbonyl (C=O) groups excluding carboxylic acids is 1. The number of aliphatic hydroxyl groups is 1. The second-order valence-electron chi connectivity index (χ2n) is 10.1. The zero-order valence-electron chi connectivity index (χ0n) is 21.0. The molecule has 2 aliphatic rings. The number of halogens is 2. The molecule has 7 heteroatoms. The van der Waals surface area contributed by atoms with Crippen LogP contribution in [0.1, 0.15) is 36.5 Å². The van der Waals surface area contributed by atoms with Gasteiger partial charge < -0.3 is 14.9 Å². The van der Waals surface area contributed by atoms with Gasteiger partial charge in [0.15, 0.2) is 0 Å². The summed E-state index contributed by atoms with van der Waals surface area (Å²) in [5.74, 6) is -0.255. The molecular weight excluding hydrogens is 477 g/mol. The van der Waals surface area contributed by atoms with Crippen LogP contribution in [0.5, 0.6) is 0 Å². The topological polar surface area (TPSA) is 47.0 Å². The van der Waals surface area contributed by atoms with Gasteiger partial charge in [0.05, 0.1) is 5.60 Å². The van der Waals surface area contributed by atoms with E-state index in [1.54, 1.807) is 6.08 Å². The number of carbonyl (C=O) groups is 1. The largest absolute Gasteiger partial charge is 0.386 e. The van der Waals surface area contributed by atoms with Gasteiger partial charge in [0.25, 0.3) is 0 Å². The number of hydrogen-bond donors (Lipinski definition) is 1. The van der Waals surface area contributed by atoms with E-state index in [0.29, 0.717) is 24.4 Å². The van der Waals surface area contributed by atoms with Crippen molar-refractivity contribution in [3.8, 4) is 0 Å². The fourth-order valence-electron chi connectivity index (χ4n) is 4.87. The summed E-state index contributed by atoms with van der Waals surface area (Å²) < 4.78 is 13.2. The number of piperidine rings is 1. The third-order valence-corrected chi connectivity index (χ3v) is 7.43. The monoisotopic (exact) mass is 511 g/mol. The van der Waals surface area contributed by atoms with E-state index in [-0.39, 0.29) is 17.8 Å². The van der Waals surface area contributed by atoms with Gasteiger partial charge in [-0.05, 0) is 73.8 Å². The van der Waals surface area contributed by atoms with E-state index in [2.05, 4.69) is 23.8 Å². The number of amides is 1. The van der Waals surface area contributed by atoms with Gasteiger partial charge in [-0.15, -0.1) is 0 Å². The maximum absolute atomic E-state index is 13.2. The van der Waals surface area contributed by atoms with Gasteiger partial charge in [-0.2, -0.15) is 0 Å². The van der Waals surface area contributed by atoms with Gasteiger partial charge in [-0.3, -0.25) is 9.69 Å². The van der Waals surface area contributed by atoms with Crippen molar-refractivity contribution in [2.75, 3.05) is 39.8 Å². The Morgan fingerprint density at radius 3 is 2.50 bits per heavy atom. The van der Waals surface area contributed by atoms with Crippen molar-refractivity contribution in [3.63, 3.8) is 0 Å². The summed E-state index contributed by atoms with van der Waals surface area (Å²) >= 11 is 6.25. The molecule has 0 aliphatic carbocycles. The van der Waals surface area contributed by atoms with E-state index in [1.807, 2.05) is 53.5 Å². The van der Waals surface area contributed by atoms with E-state index in [4.69, 9.17) is 11.6 Å². The predicted octanol–water partition coefficient (Wildman–Crippen LogP) is 4.70. The summed E-state index contributed by atoms with van der Waals surface area (Å²) in [5, 5.41) is 11.5. The van der Waals surface area contributed by atoms with Crippen LogP contribution in [0.2, 0.25) is 5.02 Å². The summed E-state index contributed by atoms with van der Waals surface area (Å²) in [6.07, 6.45) is 8.61. The highest BCUT2D eigenvalue weighted by Gasteiger charge is 2.28. The number of likely N-dealkylation sites (tertiary alicyclic amines) is 1. The summed E-state index contributed by atoms with van der Waals surface area (Å²) in [5.41, 5.74) is 1.99. The molecule has 0 radical (unpaired) electrons. The van der Waals surface area contributed by atoms with Crippen molar-refractivity contribution in [2.24, 2.45) is 0 Å². The van der Waals surface area contributed by atoms with Crippen molar-refractivity contribution in [3.05, 3.63) is 82.1 Å². The normalized spacial score (nSPS) is 21.5. The fraction of sp³-hybridized carbons (Fsp3) is 0.414. The molecule has 0 bridgehead atoms. The molecule has 36 heavy (non-hydrogen) atoms. The van der Waals surface area contributed by atoms with Crippen molar-refractivity contribution >= 4 is 29.7 Å². The average molecular weight is 512 g/mol. The first kappa shape index (κ1) is 26.6. The highest BCUT2D eigenvalue weighted by molar-refractivity contribution is 6.30. The highest BCUT2D eigenvalue weighted by atomic mass is 35.5. The lowest BCUT2D eigenvalue weighted by Crippen LogP contribution is -2.53. The van der Waals surface area contributed by atoms with Crippen molar-refractivity contribution in [1.82, 2.24) is 14.7 Å². The fourth-order valence-corrected chi connectivity index (χ4v) is 5.05. The molecule has 0 aromatic heterocycles. The molecule has 1 amide bonds. The maximum Gasteiger partial charge on any atom is 0.246 e. The molecule has 1 atom stereocenters. The summed E-state index contributed by atoms with van der Waals surface area (Å²) in [7, 11) is 2.06. The standard InChI is InChI=1S/C29H35ClFN3O2/c1-22-20-33(21-23-3-8-27(31)9-4-23)17-18-34(22)28(35)10-6-24-5-7-26(30)19-25(24)11-12-29(36)13-15-32(2)16-14-29/h3-12,19,22,36H,13-18,20-21H2,1-2H3/b10-6+,12-11+/t22-/m1/s1. The summed E-state index contributed by atoms with van der Waals surface area (Å²) in [6, 6.07) is 12.2. The maximum atomic E-state index is 13.2. The highest BCUT2D eigenvalue weighted by Crippen LogP contribution is 2.26. The third-order valence-electron chi connectivity index (χ3n) is 7.19. The van der Waals surface area contributed by atoms with Gasteiger partial charge >= 0.3 is 0 Å². The number of benzene rings is 2. The Labute approximate surface area is 218 Å². The minimum absolute atomic E-state index is 0.0252. The quantitative estimate of drug-likeness (QED) is 0.571. The molecule has 2 heterocycles. The van der Waals surface area contributed by atoms with E-state index in [1.165, 1.54) is 12.1 Å². The summed E-state index contributed by atoms with van der Waals surface area (Å²) in [4.78, 5) is 19.4. The van der Waals surface area contributed by atoms with Crippen LogP contribution in [0.3, 0.4) is 0 Å². The molecule has 2 aliphatic heterocycles. The molecule has 4 rings (SSSR count). The third kappa shape index (κ3) is 7.04. The SMILES string of the molecule is C[C@@H]1CN(Cc2ccc(F)cc2)CCN1C(=O)/C=C/c1ccc(Cl)cc1/C=C/C1(O)CCN(C)CC1. The Morgan fingerprint density at radius 2 is 1.81 bits per heavy atom. The molecule has 5 nitrogen and oxygen atoms in total. The average Bonchev–Trinajstić information content (AvgIpc) is 2.85. The van der Waals surface area contributed by atoms with Crippen molar-refractivity contribution < 1.29 is 14.3 Å². The Morgan fingerprint density at radius 1 is 1.08 bits per heavy atom. The van der Waals surface area contributed by atoms with Crippen molar-refractivity contribution in [2.45, 2.75) is 38.0 Å². The van der Waals surface area contributed by atoms with Gasteiger partial charge in [-0.25, -0.2) is 4.39 Å². The second-order valence-corrected chi connectivity index (χ2v) is 10.5. The first-order valence-electron chi connectivity index (χ1n) is 12.6. The van der Waals surface area contributed by atoms with Crippen LogP contribution >= 0.6 is 11.6 Å². The van der Waals surface area contributed by atoms with Crippen LogP contribution in [0.15, 0.2) is 54.6 Å². The molecule has 0 saturated carbocycles. The summed E-state index contributed by atoms with van der Waals surface area (Å²) in [6.45, 7) is 6.68. The van der Waals surface area contributed by atoms with Crippen LogP contribution < -0.4 is 0 Å². The molecule has 2 fully saturated rings. The van der Waals surface area contributed by atoms with Crippen LogP contribution in [0.4, 0.5) is 4.39 Å². The van der Waals surface area contributed by atoms with Gasteiger partial charge in [-0.1, -0.05) is 42.0 Å². The number of hydrogen-bond acceptors (Lipinski definition) is 4. The minimum Gasteiger partial charge on any atom is -0.386 e. The van der Waals surface area contributed by atoms with E-state index in [0.717, 1.165) is 49.4 Å². The van der Waals surface area contributed by atoms with Gasteiger partial charge in [0.1, 0.15) is 5.82 Å². The lowest BCUT2D eigenvalue weighted by Gasteiger charge is -2.39. The number of rotatable bonds is 6. The second kappa shape index (κ2) is 11.7. The first-order chi connectivity index (χ1) is 17.2. The van der Waals surface area contributed by atoms with Crippen LogP contribution in [0.25, 0.3) is 12.2 Å². The Kier molecular flexibility index (Phi) is 8.62. The van der Waals surface area contributed by atoms with Crippen LogP contribution in [-0.4, -0.2) is 77.1 Å². The first-order valence-corrected chi connectivity index (χ1v) is 12.9. The van der Waals surface area contributed by atoms with Gasteiger partial charge in [0.2, 0.25) is 5.91 Å². The molecule has 2 aromatic carbocycles. The predicted molar refractivity (Wildman–Crippen MR) is 144 cm³/mol. The number of nitrogens with zero attached hydrogens (tertiary/aromatic N) is 3. The molecule has 0 spiro atoms. The smallest absolute Gasteiger partial charge is 0.246 e. The zero-order chi connectivity index (χ0) is 25.7. The van der Waals surface area contributed by atoms with Crippen LogP contribution in [0, 0.1) is 5.82 Å². The molecule has 1 N–H and O–H groups in total. The lowest BCUT2D eigenvalue weighted by molar-refractivity contribution is -0.130. The molecule has 192 valence electrons. The molecular formula is C29H35ClFN3O2. The Balaban J connectivity index is 1.39. The molecule has 0 unspecified atom stereocenters. The molecule has 2 aromatic rings. The van der Waals surface area contributed by atoms with Crippen molar-refractivity contribution in [1.29, 1.82) is 0 Å². The minimum atomic E-state index is -0.825.